The van der Waals surface area contributed by atoms with Crippen LogP contribution in [-0.2, 0) is 26.2 Å². The van der Waals surface area contributed by atoms with Gasteiger partial charge in [0.15, 0.2) is 0 Å². The van der Waals surface area contributed by atoms with Crippen LogP contribution in [0.5, 0.6) is 0 Å². The first-order valence-electron chi connectivity index (χ1n) is 9.63. The van der Waals surface area contributed by atoms with Gasteiger partial charge in [-0.1, -0.05) is 36.4 Å². The second-order valence-corrected chi connectivity index (χ2v) is 10.4. The van der Waals surface area contributed by atoms with Crippen LogP contribution in [0.1, 0.15) is 5.56 Å². The van der Waals surface area contributed by atoms with Crippen LogP contribution in [-0.4, -0.2) is 21.8 Å². The highest BCUT2D eigenvalue weighted by atomic mass is 32.2. The van der Waals surface area contributed by atoms with E-state index in [0.29, 0.717) is 11.5 Å². The van der Waals surface area contributed by atoms with Crippen LogP contribution < -0.4 is 9.44 Å². The topological polar surface area (TPSA) is 105 Å². The number of aromatic nitrogens is 1. The van der Waals surface area contributed by atoms with Gasteiger partial charge in [0, 0.05) is 11.6 Å². The molecule has 2 N–H and O–H groups in total. The minimum Gasteiger partial charge on any atom is -0.280 e. The predicted molar refractivity (Wildman–Crippen MR) is 121 cm³/mol. The Hall–Kier alpha value is -3.64. The zero-order valence-electron chi connectivity index (χ0n) is 17.1. The summed E-state index contributed by atoms with van der Waals surface area (Å²) in [6.07, 6.45) is -3.43. The van der Waals surface area contributed by atoms with E-state index in [1.807, 2.05) is 0 Å². The van der Waals surface area contributed by atoms with Crippen LogP contribution in [0.2, 0.25) is 0 Å². The summed E-state index contributed by atoms with van der Waals surface area (Å²) in [7, 11) is -8.74. The minimum absolute atomic E-state index is 0.00255. The highest BCUT2D eigenvalue weighted by Gasteiger charge is 2.37. The van der Waals surface area contributed by atoms with Crippen molar-refractivity contribution in [3.05, 3.63) is 90.6 Å². The molecule has 0 radical (unpaired) electrons. The van der Waals surface area contributed by atoms with E-state index in [2.05, 4.69) is 14.4 Å². The molecule has 0 unspecified atom stereocenters. The number of hydrogen-bond donors (Lipinski definition) is 2. The number of benzene rings is 3. The Morgan fingerprint density at radius 2 is 1.24 bits per heavy atom. The van der Waals surface area contributed by atoms with Gasteiger partial charge in [-0.05, 0) is 42.5 Å². The third kappa shape index (κ3) is 4.82. The van der Waals surface area contributed by atoms with E-state index in [0.717, 1.165) is 18.2 Å². The number of para-hydroxylation sites is 1. The molecule has 0 saturated heterocycles. The fourth-order valence-corrected chi connectivity index (χ4v) is 5.80. The molecular formula is C22H16F3N3O4S2. The number of hydrogen-bond acceptors (Lipinski definition) is 5. The van der Waals surface area contributed by atoms with E-state index < -0.39 is 36.7 Å². The van der Waals surface area contributed by atoms with Crippen LogP contribution in [0, 0.1) is 0 Å². The molecule has 4 aromatic rings. The van der Waals surface area contributed by atoms with Gasteiger partial charge < -0.3 is 0 Å². The Morgan fingerprint density at radius 1 is 0.676 bits per heavy atom. The third-order valence-electron chi connectivity index (χ3n) is 4.73. The Labute approximate surface area is 193 Å². The molecule has 0 fully saturated rings. The molecule has 1 heterocycles. The van der Waals surface area contributed by atoms with Crippen molar-refractivity contribution in [2.75, 3.05) is 9.44 Å². The van der Waals surface area contributed by atoms with Crippen LogP contribution in [0.3, 0.4) is 0 Å². The zero-order valence-corrected chi connectivity index (χ0v) is 18.7. The van der Waals surface area contributed by atoms with E-state index in [1.54, 1.807) is 24.3 Å². The summed E-state index contributed by atoms with van der Waals surface area (Å²) in [5, 5.41) is 0.607. The summed E-state index contributed by atoms with van der Waals surface area (Å²) in [5.74, 6) is 0. The maximum atomic E-state index is 13.3. The highest BCUT2D eigenvalue weighted by Crippen LogP contribution is 2.35. The summed E-state index contributed by atoms with van der Waals surface area (Å²) >= 11 is 0. The second-order valence-electron chi connectivity index (χ2n) is 7.12. The van der Waals surface area contributed by atoms with Crippen LogP contribution >= 0.6 is 0 Å². The van der Waals surface area contributed by atoms with Crippen molar-refractivity contribution in [3.63, 3.8) is 0 Å². The van der Waals surface area contributed by atoms with Crippen molar-refractivity contribution in [2.24, 2.45) is 0 Å². The first-order valence-corrected chi connectivity index (χ1v) is 12.6. The first kappa shape index (κ1) is 23.5. The molecule has 0 atom stereocenters. The summed E-state index contributed by atoms with van der Waals surface area (Å²) in [6, 6.07) is 16.9. The number of halogens is 3. The molecule has 0 amide bonds. The standard InChI is InChI=1S/C22H16F3N3O4S2/c23-22(24,25)18-10-1-2-11-19(18)33(29,30)27-16-8-4-9-17(14-16)28-34(31,32)20-12-3-6-15-7-5-13-26-21(15)20/h1-14,27-28H. The van der Waals surface area contributed by atoms with Gasteiger partial charge in [0.25, 0.3) is 20.0 Å². The van der Waals surface area contributed by atoms with Crippen molar-refractivity contribution in [1.29, 1.82) is 0 Å². The quantitative estimate of drug-likeness (QED) is 0.388. The monoisotopic (exact) mass is 507 g/mol. The van der Waals surface area contributed by atoms with Crippen molar-refractivity contribution in [2.45, 2.75) is 16.0 Å². The molecule has 4 rings (SSSR count). The highest BCUT2D eigenvalue weighted by molar-refractivity contribution is 7.93. The third-order valence-corrected chi connectivity index (χ3v) is 7.59. The number of rotatable bonds is 6. The number of pyridine rings is 1. The number of alkyl halides is 3. The van der Waals surface area contributed by atoms with E-state index in [-0.39, 0.29) is 21.8 Å². The number of fused-ring (bicyclic) bond motifs is 1. The van der Waals surface area contributed by atoms with Crippen molar-refractivity contribution >= 4 is 42.3 Å². The predicted octanol–water partition coefficient (Wildman–Crippen LogP) is 4.86. The molecule has 0 saturated carbocycles. The maximum Gasteiger partial charge on any atom is 0.417 e. The fraction of sp³-hybridized carbons (Fsp3) is 0.0455. The van der Waals surface area contributed by atoms with Gasteiger partial charge in [0.2, 0.25) is 0 Å². The lowest BCUT2D eigenvalue weighted by molar-refractivity contribution is -0.139. The lowest BCUT2D eigenvalue weighted by atomic mass is 10.2. The van der Waals surface area contributed by atoms with Gasteiger partial charge in [0.1, 0.15) is 4.90 Å². The molecule has 0 bridgehead atoms. The molecule has 176 valence electrons. The van der Waals surface area contributed by atoms with E-state index in [4.69, 9.17) is 0 Å². The van der Waals surface area contributed by atoms with Crippen LogP contribution in [0.15, 0.2) is 94.9 Å². The zero-order chi connectivity index (χ0) is 24.6. The Kier molecular flexibility index (Phi) is 5.96. The van der Waals surface area contributed by atoms with E-state index in [1.165, 1.54) is 36.5 Å². The average molecular weight is 508 g/mol. The van der Waals surface area contributed by atoms with Crippen LogP contribution in [0.25, 0.3) is 10.9 Å². The average Bonchev–Trinajstić information content (AvgIpc) is 2.78. The van der Waals surface area contributed by atoms with Gasteiger partial charge in [-0.3, -0.25) is 14.4 Å². The number of sulfonamides is 2. The lowest BCUT2D eigenvalue weighted by Gasteiger charge is -2.15. The summed E-state index contributed by atoms with van der Waals surface area (Å²) in [5.41, 5.74) is -1.20. The summed E-state index contributed by atoms with van der Waals surface area (Å²) in [4.78, 5) is 3.08. The van der Waals surface area contributed by atoms with E-state index in [9.17, 15) is 30.0 Å². The Morgan fingerprint density at radius 3 is 1.91 bits per heavy atom. The van der Waals surface area contributed by atoms with Crippen molar-refractivity contribution in [1.82, 2.24) is 4.98 Å². The van der Waals surface area contributed by atoms with Gasteiger partial charge in [-0.25, -0.2) is 16.8 Å². The normalized spacial score (nSPS) is 12.4. The molecule has 34 heavy (non-hydrogen) atoms. The molecule has 0 spiro atoms. The fourth-order valence-electron chi connectivity index (χ4n) is 3.29. The number of nitrogens with one attached hydrogen (secondary N) is 2. The molecule has 3 aromatic carbocycles. The lowest BCUT2D eigenvalue weighted by Crippen LogP contribution is -2.19. The van der Waals surface area contributed by atoms with Gasteiger partial charge >= 0.3 is 6.18 Å². The molecule has 7 nitrogen and oxygen atoms in total. The molecule has 0 aliphatic rings. The van der Waals surface area contributed by atoms with Gasteiger partial charge in [-0.2, -0.15) is 13.2 Å². The van der Waals surface area contributed by atoms with Crippen LogP contribution in [0.4, 0.5) is 24.5 Å². The molecule has 1 aromatic heterocycles. The Bertz CT molecular complexity index is 1580. The maximum absolute atomic E-state index is 13.3. The molecule has 12 heteroatoms. The van der Waals surface area contributed by atoms with Gasteiger partial charge in [0.05, 0.1) is 27.4 Å². The minimum atomic E-state index is -4.88. The molecule has 0 aliphatic carbocycles. The van der Waals surface area contributed by atoms with E-state index >= 15 is 0 Å². The van der Waals surface area contributed by atoms with Crippen molar-refractivity contribution in [3.8, 4) is 0 Å². The summed E-state index contributed by atoms with van der Waals surface area (Å²) < 4.78 is 95.5. The number of anilines is 2. The summed E-state index contributed by atoms with van der Waals surface area (Å²) in [6.45, 7) is 0. The first-order chi connectivity index (χ1) is 16.0. The smallest absolute Gasteiger partial charge is 0.280 e. The van der Waals surface area contributed by atoms with Crippen molar-refractivity contribution < 1.29 is 30.0 Å². The van der Waals surface area contributed by atoms with Gasteiger partial charge in [-0.15, -0.1) is 0 Å². The second kappa shape index (κ2) is 8.61. The Balaban J connectivity index is 1.65. The molecular weight excluding hydrogens is 491 g/mol. The molecule has 0 aliphatic heterocycles. The number of nitrogens with zero attached hydrogens (tertiary/aromatic N) is 1. The SMILES string of the molecule is O=S(=O)(Nc1cccc(NS(=O)(=O)c2cccc3cccnc23)c1)c1ccccc1C(F)(F)F. The largest absolute Gasteiger partial charge is 0.417 e.